The van der Waals surface area contributed by atoms with Gasteiger partial charge in [-0.05, 0) is 6.92 Å². The second-order valence-electron chi connectivity index (χ2n) is 3.17. The molecule has 0 aliphatic rings. The molecule has 0 aliphatic heterocycles. The van der Waals surface area contributed by atoms with E-state index >= 15 is 0 Å². The van der Waals surface area contributed by atoms with Gasteiger partial charge in [-0.15, -0.1) is 0 Å². The summed E-state index contributed by atoms with van der Waals surface area (Å²) >= 11 is 1.72. The second-order valence-corrected chi connectivity index (χ2v) is 4.35. The molecule has 4 heteroatoms. The molecule has 0 saturated carbocycles. The van der Waals surface area contributed by atoms with Crippen molar-refractivity contribution in [3.8, 4) is 0 Å². The lowest BCUT2D eigenvalue weighted by Gasteiger charge is -2.09. The van der Waals surface area contributed by atoms with Crippen LogP contribution in [0.25, 0.3) is 0 Å². The minimum Gasteiger partial charge on any atom is -0.362 e. The molecule has 0 fully saturated rings. The summed E-state index contributed by atoms with van der Waals surface area (Å²) in [6.45, 7) is 2.10. The number of thiazole rings is 1. The summed E-state index contributed by atoms with van der Waals surface area (Å²) < 4.78 is 0. The van der Waals surface area contributed by atoms with Gasteiger partial charge in [-0.3, -0.25) is 0 Å². The van der Waals surface area contributed by atoms with Crippen LogP contribution in [-0.4, -0.2) is 33.2 Å². The van der Waals surface area contributed by atoms with Gasteiger partial charge < -0.3 is 9.80 Å². The molecule has 1 aromatic heterocycles. The molecule has 0 unspecified atom stereocenters. The van der Waals surface area contributed by atoms with Crippen LogP contribution in [-0.2, 0) is 0 Å². The van der Waals surface area contributed by atoms with Gasteiger partial charge in [-0.2, -0.15) is 0 Å². The summed E-state index contributed by atoms with van der Waals surface area (Å²) in [6, 6.07) is 0. The average molecular weight is 185 g/mol. The lowest BCUT2D eigenvalue weighted by atomic mass is 10.5. The number of aryl methyl sites for hydroxylation is 1. The molecule has 0 radical (unpaired) electrons. The predicted molar refractivity (Wildman–Crippen MR) is 55.5 cm³/mol. The fourth-order valence-electron chi connectivity index (χ4n) is 0.981. The fraction of sp³-hybridized carbons (Fsp3) is 0.625. The van der Waals surface area contributed by atoms with Gasteiger partial charge in [-0.1, -0.05) is 11.3 Å². The smallest absolute Gasteiger partial charge is 0.187 e. The first-order valence-electron chi connectivity index (χ1n) is 3.84. The maximum absolute atomic E-state index is 4.48. The van der Waals surface area contributed by atoms with E-state index in [9.17, 15) is 0 Å². The maximum atomic E-state index is 4.48. The van der Waals surface area contributed by atoms with Crippen LogP contribution in [0.15, 0.2) is 0 Å². The van der Waals surface area contributed by atoms with Crippen molar-refractivity contribution in [2.75, 3.05) is 38.0 Å². The van der Waals surface area contributed by atoms with Crippen LogP contribution in [0.5, 0.6) is 0 Å². The summed E-state index contributed by atoms with van der Waals surface area (Å²) in [7, 11) is 8.05. The number of aromatic nitrogens is 1. The molecule has 0 saturated heterocycles. The van der Waals surface area contributed by atoms with Gasteiger partial charge in [0.15, 0.2) is 5.13 Å². The lowest BCUT2D eigenvalue weighted by molar-refractivity contribution is 1.04. The van der Waals surface area contributed by atoms with Gasteiger partial charge in [0.2, 0.25) is 0 Å². The zero-order valence-electron chi connectivity index (χ0n) is 8.25. The highest BCUT2D eigenvalue weighted by Gasteiger charge is 2.09. The number of nitrogens with zero attached hydrogens (tertiary/aromatic N) is 3. The van der Waals surface area contributed by atoms with Gasteiger partial charge in [0.25, 0.3) is 0 Å². The summed E-state index contributed by atoms with van der Waals surface area (Å²) in [5.41, 5.74) is 0. The normalized spacial score (nSPS) is 10.1. The van der Waals surface area contributed by atoms with Crippen molar-refractivity contribution in [2.45, 2.75) is 6.92 Å². The van der Waals surface area contributed by atoms with Crippen LogP contribution >= 0.6 is 11.3 Å². The van der Waals surface area contributed by atoms with Crippen molar-refractivity contribution in [1.82, 2.24) is 4.98 Å². The zero-order chi connectivity index (χ0) is 9.30. The monoisotopic (exact) mass is 185 g/mol. The van der Waals surface area contributed by atoms with Crippen molar-refractivity contribution in [3.63, 3.8) is 0 Å². The molecule has 0 aliphatic carbocycles. The largest absolute Gasteiger partial charge is 0.362 e. The van der Waals surface area contributed by atoms with Crippen LogP contribution in [0.2, 0.25) is 0 Å². The van der Waals surface area contributed by atoms with Gasteiger partial charge in [-0.25, -0.2) is 4.98 Å². The van der Waals surface area contributed by atoms with Crippen LogP contribution in [0.1, 0.15) is 4.88 Å². The minimum absolute atomic E-state index is 1.07. The van der Waals surface area contributed by atoms with Gasteiger partial charge in [0.05, 0.1) is 0 Å². The van der Waals surface area contributed by atoms with Gasteiger partial charge in [0.1, 0.15) is 5.82 Å². The SMILES string of the molecule is Cc1sc(N(C)C)nc1N(C)C. The molecule has 0 amide bonds. The fourth-order valence-corrected chi connectivity index (χ4v) is 1.89. The standard InChI is InChI=1S/C8H15N3S/c1-6-7(10(2)3)9-8(12-6)11(4)5/h1-5H3. The van der Waals surface area contributed by atoms with E-state index in [1.807, 2.05) is 38.0 Å². The van der Waals surface area contributed by atoms with Crippen LogP contribution < -0.4 is 9.80 Å². The molecule has 0 atom stereocenters. The Hall–Kier alpha value is -0.770. The summed E-state index contributed by atoms with van der Waals surface area (Å²) in [4.78, 5) is 9.82. The first kappa shape index (κ1) is 9.32. The Bertz CT molecular complexity index is 265. The van der Waals surface area contributed by atoms with Crippen LogP contribution in [0.4, 0.5) is 10.9 Å². The van der Waals surface area contributed by atoms with Crippen molar-refractivity contribution < 1.29 is 0 Å². The third-order valence-corrected chi connectivity index (χ3v) is 2.69. The van der Waals surface area contributed by atoms with E-state index in [-0.39, 0.29) is 0 Å². The average Bonchev–Trinajstić information content (AvgIpc) is 2.30. The van der Waals surface area contributed by atoms with E-state index in [1.165, 1.54) is 4.88 Å². The van der Waals surface area contributed by atoms with E-state index in [1.54, 1.807) is 11.3 Å². The maximum Gasteiger partial charge on any atom is 0.187 e. The number of hydrogen-bond acceptors (Lipinski definition) is 4. The topological polar surface area (TPSA) is 19.4 Å². The molecule has 1 rings (SSSR count). The van der Waals surface area contributed by atoms with Crippen LogP contribution in [0, 0.1) is 6.92 Å². The Morgan fingerprint density at radius 1 is 1.08 bits per heavy atom. The molecule has 68 valence electrons. The first-order valence-corrected chi connectivity index (χ1v) is 4.66. The van der Waals surface area contributed by atoms with Crippen molar-refractivity contribution in [1.29, 1.82) is 0 Å². The van der Waals surface area contributed by atoms with Crippen molar-refractivity contribution >= 4 is 22.3 Å². The van der Waals surface area contributed by atoms with E-state index in [4.69, 9.17) is 0 Å². The highest BCUT2D eigenvalue weighted by molar-refractivity contribution is 7.16. The predicted octanol–water partition coefficient (Wildman–Crippen LogP) is 1.58. The Balaban J connectivity index is 3.00. The molecule has 0 bridgehead atoms. The quantitative estimate of drug-likeness (QED) is 0.697. The Kier molecular flexibility index (Phi) is 2.57. The lowest BCUT2D eigenvalue weighted by Crippen LogP contribution is -2.12. The highest BCUT2D eigenvalue weighted by atomic mass is 32.1. The van der Waals surface area contributed by atoms with Gasteiger partial charge >= 0.3 is 0 Å². The van der Waals surface area contributed by atoms with Crippen molar-refractivity contribution in [2.24, 2.45) is 0 Å². The van der Waals surface area contributed by atoms with E-state index in [0.717, 1.165) is 10.9 Å². The molecular weight excluding hydrogens is 170 g/mol. The van der Waals surface area contributed by atoms with E-state index in [0.29, 0.717) is 0 Å². The third-order valence-electron chi connectivity index (χ3n) is 1.57. The van der Waals surface area contributed by atoms with Crippen molar-refractivity contribution in [3.05, 3.63) is 4.88 Å². The Morgan fingerprint density at radius 3 is 1.92 bits per heavy atom. The molecule has 1 aromatic rings. The molecular formula is C8H15N3S. The minimum atomic E-state index is 1.07. The Labute approximate surface area is 77.6 Å². The summed E-state index contributed by atoms with van der Waals surface area (Å²) in [5.74, 6) is 1.07. The first-order chi connectivity index (χ1) is 5.52. The molecule has 0 spiro atoms. The third kappa shape index (κ3) is 1.69. The number of hydrogen-bond donors (Lipinski definition) is 0. The second kappa shape index (κ2) is 3.31. The summed E-state index contributed by atoms with van der Waals surface area (Å²) in [6.07, 6.45) is 0. The molecule has 0 aromatic carbocycles. The number of rotatable bonds is 2. The van der Waals surface area contributed by atoms with E-state index < -0.39 is 0 Å². The zero-order valence-corrected chi connectivity index (χ0v) is 9.07. The molecule has 1 heterocycles. The highest BCUT2D eigenvalue weighted by Crippen LogP contribution is 2.28. The van der Waals surface area contributed by atoms with E-state index in [2.05, 4.69) is 11.9 Å². The Morgan fingerprint density at radius 2 is 1.67 bits per heavy atom. The molecule has 12 heavy (non-hydrogen) atoms. The van der Waals surface area contributed by atoms with Crippen LogP contribution in [0.3, 0.4) is 0 Å². The number of anilines is 2. The summed E-state index contributed by atoms with van der Waals surface area (Å²) in [5, 5.41) is 1.07. The molecule has 0 N–H and O–H groups in total. The molecule has 3 nitrogen and oxygen atoms in total. The van der Waals surface area contributed by atoms with Gasteiger partial charge in [0, 0.05) is 33.1 Å².